The smallest absolute Gasteiger partial charge is 0.267 e. The lowest BCUT2D eigenvalue weighted by molar-refractivity contribution is -0.123. The third kappa shape index (κ3) is 4.79. The number of aryl methyl sites for hydroxylation is 1. The van der Waals surface area contributed by atoms with E-state index in [0.717, 1.165) is 17.3 Å². The number of pyridine rings is 1. The van der Waals surface area contributed by atoms with E-state index in [1.807, 2.05) is 22.8 Å². The van der Waals surface area contributed by atoms with Crippen LogP contribution >= 0.6 is 24.0 Å². The van der Waals surface area contributed by atoms with Gasteiger partial charge in [0.05, 0.1) is 33.7 Å². The second kappa shape index (κ2) is 10.3. The minimum Gasteiger partial charge on any atom is -0.366 e. The number of piperazine rings is 1. The molecular weight excluding hydrogens is 574 g/mol. The molecule has 9 nitrogen and oxygen atoms in total. The molecule has 40 heavy (non-hydrogen) atoms. The van der Waals surface area contributed by atoms with Gasteiger partial charge in [-0.2, -0.15) is 0 Å². The number of hydrogen-bond donors (Lipinski definition) is 0. The van der Waals surface area contributed by atoms with Crippen LogP contribution in [0.4, 0.5) is 15.9 Å². The van der Waals surface area contributed by atoms with Gasteiger partial charge in [0, 0.05) is 32.4 Å². The minimum absolute atomic E-state index is 0.0199. The Morgan fingerprint density at radius 1 is 1.07 bits per heavy atom. The van der Waals surface area contributed by atoms with Crippen LogP contribution in [0.25, 0.3) is 11.7 Å². The highest BCUT2D eigenvalue weighted by atomic mass is 32.2. The highest BCUT2D eigenvalue weighted by Crippen LogP contribution is 2.37. The lowest BCUT2D eigenvalue weighted by atomic mass is 10.1. The predicted octanol–water partition coefficient (Wildman–Crippen LogP) is 2.86. The lowest BCUT2D eigenvalue weighted by Crippen LogP contribution is -2.47. The molecule has 0 radical (unpaired) electrons. The van der Waals surface area contributed by atoms with Gasteiger partial charge < -0.3 is 9.80 Å². The van der Waals surface area contributed by atoms with Crippen LogP contribution in [-0.4, -0.2) is 76.7 Å². The van der Waals surface area contributed by atoms with Gasteiger partial charge in [-0.3, -0.25) is 18.9 Å². The molecule has 1 atom stereocenters. The SMILES string of the molecule is Cc1cccn2c(=O)c(C=C3SC(=S)N(C4CCS(=O)(=O)C4)C3=O)c(N3CCN(c4ccccc4F)CC3)nc12. The topological polar surface area (TPSA) is 95.3 Å². The molecule has 3 aliphatic rings. The molecule has 0 N–H and O–H groups in total. The Bertz CT molecular complexity index is 1750. The van der Waals surface area contributed by atoms with Gasteiger partial charge in [-0.1, -0.05) is 42.2 Å². The van der Waals surface area contributed by atoms with E-state index in [9.17, 15) is 22.4 Å². The third-order valence-electron chi connectivity index (χ3n) is 7.51. The first-order chi connectivity index (χ1) is 19.1. The fourth-order valence-electron chi connectivity index (χ4n) is 5.44. The molecule has 0 saturated carbocycles. The number of carbonyl (C=O) groups is 1. The normalized spacial score (nSPS) is 22.2. The summed E-state index contributed by atoms with van der Waals surface area (Å²) in [4.78, 5) is 37.7. The Labute approximate surface area is 240 Å². The van der Waals surface area contributed by atoms with E-state index in [1.165, 1.54) is 21.4 Å². The molecule has 0 bridgehead atoms. The van der Waals surface area contributed by atoms with Gasteiger partial charge in [-0.25, -0.2) is 17.8 Å². The zero-order chi connectivity index (χ0) is 28.2. The number of hydrogen-bond acceptors (Lipinski definition) is 9. The number of benzene rings is 1. The van der Waals surface area contributed by atoms with Gasteiger partial charge in [-0.15, -0.1) is 0 Å². The summed E-state index contributed by atoms with van der Waals surface area (Å²) in [5, 5.41) is 0. The van der Waals surface area contributed by atoms with Gasteiger partial charge in [0.2, 0.25) is 0 Å². The molecule has 0 aliphatic carbocycles. The molecule has 6 rings (SSSR count). The summed E-state index contributed by atoms with van der Waals surface area (Å²) in [7, 11) is -3.22. The van der Waals surface area contributed by atoms with Crippen LogP contribution in [-0.2, 0) is 14.6 Å². The Morgan fingerprint density at radius 3 is 2.50 bits per heavy atom. The van der Waals surface area contributed by atoms with Crippen molar-refractivity contribution < 1.29 is 17.6 Å². The van der Waals surface area contributed by atoms with Crippen LogP contribution in [0.2, 0.25) is 0 Å². The molecule has 208 valence electrons. The van der Waals surface area contributed by atoms with Crippen molar-refractivity contribution in [1.29, 1.82) is 0 Å². The van der Waals surface area contributed by atoms with Crippen LogP contribution in [0.15, 0.2) is 52.3 Å². The predicted molar refractivity (Wildman–Crippen MR) is 159 cm³/mol. The molecule has 3 fully saturated rings. The summed E-state index contributed by atoms with van der Waals surface area (Å²) in [5.41, 5.74) is 1.80. The standard InChI is InChI=1S/C27H26FN5O4S3/c1-17-5-4-9-32-23(17)29-24(31-12-10-30(11-13-31)21-7-3-2-6-20(21)28)19(25(32)34)15-22-26(35)33(27(38)39-22)18-8-14-40(36,37)16-18/h2-7,9,15,18H,8,10-14,16H2,1H3. The van der Waals surface area contributed by atoms with Crippen LogP contribution in [0.5, 0.6) is 0 Å². The number of thioether (sulfide) groups is 1. The molecule has 1 unspecified atom stereocenters. The summed E-state index contributed by atoms with van der Waals surface area (Å²) < 4.78 is 40.2. The minimum atomic E-state index is -3.22. The Kier molecular flexibility index (Phi) is 6.91. The van der Waals surface area contributed by atoms with Crippen molar-refractivity contribution in [2.45, 2.75) is 19.4 Å². The maximum absolute atomic E-state index is 14.4. The monoisotopic (exact) mass is 599 g/mol. The highest BCUT2D eigenvalue weighted by Gasteiger charge is 2.42. The van der Waals surface area contributed by atoms with Gasteiger partial charge in [0.15, 0.2) is 9.84 Å². The number of thiocarbonyl (C=S) groups is 1. The molecule has 1 aromatic carbocycles. The fourth-order valence-corrected chi connectivity index (χ4v) is 8.52. The first-order valence-electron chi connectivity index (χ1n) is 12.9. The molecule has 2 aromatic heterocycles. The molecule has 3 aliphatic heterocycles. The van der Waals surface area contributed by atoms with Crippen molar-refractivity contribution in [2.24, 2.45) is 0 Å². The number of aromatic nitrogens is 2. The number of amides is 1. The summed E-state index contributed by atoms with van der Waals surface area (Å²) in [5.74, 6) is -0.343. The average Bonchev–Trinajstić information content (AvgIpc) is 3.42. The number of para-hydroxylation sites is 1. The number of nitrogens with zero attached hydrogens (tertiary/aromatic N) is 5. The molecule has 1 amide bonds. The molecule has 13 heteroatoms. The van der Waals surface area contributed by atoms with E-state index in [2.05, 4.69) is 0 Å². The first kappa shape index (κ1) is 26.9. The zero-order valence-corrected chi connectivity index (χ0v) is 24.1. The highest BCUT2D eigenvalue weighted by molar-refractivity contribution is 8.26. The number of anilines is 2. The third-order valence-corrected chi connectivity index (χ3v) is 10.6. The lowest BCUT2D eigenvalue weighted by Gasteiger charge is -2.37. The second-order valence-electron chi connectivity index (χ2n) is 10.1. The van der Waals surface area contributed by atoms with Crippen LogP contribution in [0.3, 0.4) is 0 Å². The van der Waals surface area contributed by atoms with E-state index in [0.29, 0.717) is 49.8 Å². The number of fused-ring (bicyclic) bond motifs is 1. The van der Waals surface area contributed by atoms with Crippen LogP contribution in [0.1, 0.15) is 17.5 Å². The number of rotatable bonds is 4. The van der Waals surface area contributed by atoms with Crippen molar-refractivity contribution in [2.75, 3.05) is 47.5 Å². The van der Waals surface area contributed by atoms with Crippen molar-refractivity contribution in [3.05, 3.63) is 74.8 Å². The van der Waals surface area contributed by atoms with Gasteiger partial charge >= 0.3 is 0 Å². The second-order valence-corrected chi connectivity index (χ2v) is 14.0. The fraction of sp³-hybridized carbons (Fsp3) is 0.333. The number of carbonyl (C=O) groups excluding carboxylic acids is 1. The summed E-state index contributed by atoms with van der Waals surface area (Å²) >= 11 is 6.53. The Morgan fingerprint density at radius 2 is 1.80 bits per heavy atom. The number of halogens is 1. The number of sulfone groups is 1. The molecule has 5 heterocycles. The maximum Gasteiger partial charge on any atom is 0.267 e. The van der Waals surface area contributed by atoms with E-state index in [1.54, 1.807) is 30.5 Å². The van der Waals surface area contributed by atoms with Crippen LogP contribution < -0.4 is 15.4 Å². The van der Waals surface area contributed by atoms with Crippen molar-refractivity contribution in [3.8, 4) is 0 Å². The maximum atomic E-state index is 14.4. The summed E-state index contributed by atoms with van der Waals surface area (Å²) in [6.45, 7) is 3.90. The Hall–Kier alpha value is -3.29. The van der Waals surface area contributed by atoms with E-state index in [-0.39, 0.29) is 37.7 Å². The van der Waals surface area contributed by atoms with E-state index >= 15 is 0 Å². The van der Waals surface area contributed by atoms with Gasteiger partial charge in [0.1, 0.15) is 21.6 Å². The van der Waals surface area contributed by atoms with Crippen molar-refractivity contribution in [3.63, 3.8) is 0 Å². The van der Waals surface area contributed by atoms with Crippen molar-refractivity contribution >= 4 is 67.3 Å². The summed E-state index contributed by atoms with van der Waals surface area (Å²) in [6.07, 6.45) is 3.51. The molecule has 3 aromatic rings. The van der Waals surface area contributed by atoms with Crippen LogP contribution in [0, 0.1) is 12.7 Å². The Balaban J connectivity index is 1.37. The summed E-state index contributed by atoms with van der Waals surface area (Å²) in [6, 6.07) is 9.78. The molecule has 3 saturated heterocycles. The quantitative estimate of drug-likeness (QED) is 0.332. The zero-order valence-electron chi connectivity index (χ0n) is 21.6. The van der Waals surface area contributed by atoms with Gasteiger partial charge in [-0.05, 0) is 43.2 Å². The van der Waals surface area contributed by atoms with E-state index in [4.69, 9.17) is 17.2 Å². The van der Waals surface area contributed by atoms with E-state index < -0.39 is 21.8 Å². The average molecular weight is 600 g/mol. The molecule has 0 spiro atoms. The largest absolute Gasteiger partial charge is 0.366 e. The molecular formula is C27H26FN5O4S3. The van der Waals surface area contributed by atoms with Gasteiger partial charge in [0.25, 0.3) is 11.5 Å². The first-order valence-corrected chi connectivity index (χ1v) is 15.9. The van der Waals surface area contributed by atoms with Crippen molar-refractivity contribution in [1.82, 2.24) is 14.3 Å².